The minimum absolute atomic E-state index is 0.189. The fourth-order valence-electron chi connectivity index (χ4n) is 2.35. The molecule has 3 N–H and O–H groups in total. The molecule has 0 aliphatic heterocycles. The lowest BCUT2D eigenvalue weighted by Gasteiger charge is -2.09. The summed E-state index contributed by atoms with van der Waals surface area (Å²) in [5, 5.41) is 6.59. The monoisotopic (exact) mass is 346 g/mol. The number of rotatable bonds is 5. The summed E-state index contributed by atoms with van der Waals surface area (Å²) in [4.78, 5) is 20.9. The van der Waals surface area contributed by atoms with Crippen molar-refractivity contribution in [2.45, 2.75) is 12.8 Å². The zero-order valence-electron chi connectivity index (χ0n) is 12.3. The molecule has 1 amide bonds. The molecule has 0 saturated carbocycles. The number of nitrogens with zero attached hydrogens (tertiary/aromatic N) is 2. The van der Waals surface area contributed by atoms with Crippen LogP contribution in [-0.2, 0) is 6.42 Å². The molecule has 0 atom stereocenters. The molecule has 3 rings (SSSR count). The maximum absolute atomic E-state index is 12.4. The van der Waals surface area contributed by atoms with Gasteiger partial charge in [0.15, 0.2) is 5.13 Å². The van der Waals surface area contributed by atoms with Gasteiger partial charge in [-0.1, -0.05) is 17.7 Å². The number of aromatic nitrogens is 2. The second-order valence-corrected chi connectivity index (χ2v) is 6.33. The van der Waals surface area contributed by atoms with Crippen molar-refractivity contribution >= 4 is 44.9 Å². The standard InChI is InChI=1S/C16H15ClN4OS/c17-12-5-6-13-11(4-2-7-19-13)14(12)15(22)20-8-1-3-10-9-23-16(18)21-10/h2,4-7,9H,1,3,8H2,(H2,18,21)(H,20,22). The van der Waals surface area contributed by atoms with Crippen LogP contribution in [-0.4, -0.2) is 22.4 Å². The van der Waals surface area contributed by atoms with Crippen molar-refractivity contribution in [1.29, 1.82) is 0 Å². The third-order valence-electron chi connectivity index (χ3n) is 3.43. The summed E-state index contributed by atoms with van der Waals surface area (Å²) in [7, 11) is 0. The van der Waals surface area contributed by atoms with E-state index in [9.17, 15) is 4.79 Å². The maximum atomic E-state index is 12.4. The summed E-state index contributed by atoms with van der Waals surface area (Å²) in [6.07, 6.45) is 3.26. The molecule has 23 heavy (non-hydrogen) atoms. The molecule has 2 heterocycles. The second kappa shape index (κ2) is 6.93. The van der Waals surface area contributed by atoms with E-state index in [0.717, 1.165) is 29.4 Å². The number of hydrogen-bond acceptors (Lipinski definition) is 5. The third-order valence-corrected chi connectivity index (χ3v) is 4.46. The number of hydrogen-bond donors (Lipinski definition) is 2. The Morgan fingerprint density at radius 3 is 3.00 bits per heavy atom. The number of halogens is 1. The molecule has 0 bridgehead atoms. The molecule has 0 radical (unpaired) electrons. The molecule has 2 aromatic heterocycles. The lowest BCUT2D eigenvalue weighted by Crippen LogP contribution is -2.25. The Bertz CT molecular complexity index is 849. The van der Waals surface area contributed by atoms with Crippen LogP contribution in [0.3, 0.4) is 0 Å². The summed E-state index contributed by atoms with van der Waals surface area (Å²) < 4.78 is 0. The predicted octanol–water partition coefficient (Wildman–Crippen LogP) is 3.29. The van der Waals surface area contributed by atoms with Crippen LogP contribution in [0.5, 0.6) is 0 Å². The van der Waals surface area contributed by atoms with Gasteiger partial charge in [0.1, 0.15) is 0 Å². The molecular formula is C16H15ClN4OS. The second-order valence-electron chi connectivity index (χ2n) is 5.03. The topological polar surface area (TPSA) is 80.9 Å². The molecular weight excluding hydrogens is 332 g/mol. The van der Waals surface area contributed by atoms with Gasteiger partial charge in [-0.25, -0.2) is 4.98 Å². The number of anilines is 1. The molecule has 5 nitrogen and oxygen atoms in total. The summed E-state index contributed by atoms with van der Waals surface area (Å²) in [5.74, 6) is -0.189. The Hall–Kier alpha value is -2.18. The lowest BCUT2D eigenvalue weighted by molar-refractivity contribution is 0.0955. The number of amides is 1. The molecule has 0 saturated heterocycles. The van der Waals surface area contributed by atoms with Gasteiger partial charge in [-0.05, 0) is 31.0 Å². The molecule has 1 aromatic carbocycles. The van der Waals surface area contributed by atoms with E-state index >= 15 is 0 Å². The van der Waals surface area contributed by atoms with E-state index in [1.54, 1.807) is 24.4 Å². The molecule has 0 aliphatic rings. The number of carbonyl (C=O) groups is 1. The molecule has 0 fully saturated rings. The summed E-state index contributed by atoms with van der Waals surface area (Å²) >= 11 is 7.62. The van der Waals surface area contributed by atoms with Crippen LogP contribution in [0.2, 0.25) is 5.02 Å². The van der Waals surface area contributed by atoms with Crippen molar-refractivity contribution in [3.63, 3.8) is 0 Å². The number of benzene rings is 1. The Morgan fingerprint density at radius 1 is 1.35 bits per heavy atom. The van der Waals surface area contributed by atoms with Gasteiger partial charge >= 0.3 is 0 Å². The van der Waals surface area contributed by atoms with Gasteiger partial charge < -0.3 is 11.1 Å². The Kier molecular flexibility index (Phi) is 4.73. The lowest BCUT2D eigenvalue weighted by atomic mass is 10.1. The van der Waals surface area contributed by atoms with Gasteiger partial charge in [0.05, 0.1) is 21.8 Å². The number of nitrogens with one attached hydrogen (secondary N) is 1. The van der Waals surface area contributed by atoms with E-state index in [0.29, 0.717) is 22.3 Å². The molecule has 3 aromatic rings. The zero-order chi connectivity index (χ0) is 16.2. The van der Waals surface area contributed by atoms with Gasteiger partial charge in [0.2, 0.25) is 0 Å². The van der Waals surface area contributed by atoms with Gasteiger partial charge in [0.25, 0.3) is 5.91 Å². The highest BCUT2D eigenvalue weighted by Gasteiger charge is 2.14. The fourth-order valence-corrected chi connectivity index (χ4v) is 3.20. The van der Waals surface area contributed by atoms with Crippen LogP contribution < -0.4 is 11.1 Å². The van der Waals surface area contributed by atoms with E-state index < -0.39 is 0 Å². The van der Waals surface area contributed by atoms with Gasteiger partial charge in [-0.15, -0.1) is 11.3 Å². The highest BCUT2D eigenvalue weighted by Crippen LogP contribution is 2.24. The largest absolute Gasteiger partial charge is 0.375 e. The molecule has 0 unspecified atom stereocenters. The highest BCUT2D eigenvalue weighted by molar-refractivity contribution is 7.13. The van der Waals surface area contributed by atoms with Crippen molar-refractivity contribution in [2.24, 2.45) is 0 Å². The Labute approximate surface area is 142 Å². The summed E-state index contributed by atoms with van der Waals surface area (Å²) in [6, 6.07) is 7.15. The van der Waals surface area contributed by atoms with Gasteiger partial charge in [-0.2, -0.15) is 0 Å². The summed E-state index contributed by atoms with van der Waals surface area (Å²) in [5.41, 5.74) is 7.76. The Balaban J connectivity index is 1.65. The average Bonchev–Trinajstić information content (AvgIpc) is 2.96. The van der Waals surface area contributed by atoms with Crippen molar-refractivity contribution < 1.29 is 4.79 Å². The number of thiazole rings is 1. The van der Waals surface area contributed by atoms with Crippen molar-refractivity contribution in [1.82, 2.24) is 15.3 Å². The number of aryl methyl sites for hydroxylation is 1. The number of nitrogens with two attached hydrogens (primary N) is 1. The minimum atomic E-state index is -0.189. The first-order valence-corrected chi connectivity index (χ1v) is 8.42. The van der Waals surface area contributed by atoms with Crippen LogP contribution in [0.4, 0.5) is 5.13 Å². The van der Waals surface area contributed by atoms with E-state index in [4.69, 9.17) is 17.3 Å². The van der Waals surface area contributed by atoms with Crippen LogP contribution in [0.15, 0.2) is 35.8 Å². The zero-order valence-corrected chi connectivity index (χ0v) is 13.8. The molecule has 0 spiro atoms. The van der Waals surface area contributed by atoms with Crippen LogP contribution in [0, 0.1) is 0 Å². The van der Waals surface area contributed by atoms with E-state index in [1.807, 2.05) is 11.4 Å². The van der Waals surface area contributed by atoms with Gasteiger partial charge in [0, 0.05) is 23.5 Å². The predicted molar refractivity (Wildman–Crippen MR) is 93.9 cm³/mol. The first-order chi connectivity index (χ1) is 11.1. The first-order valence-electron chi connectivity index (χ1n) is 7.16. The van der Waals surface area contributed by atoms with E-state index in [2.05, 4.69) is 15.3 Å². The first kappa shape index (κ1) is 15.7. The van der Waals surface area contributed by atoms with Crippen molar-refractivity contribution in [2.75, 3.05) is 12.3 Å². The summed E-state index contributed by atoms with van der Waals surface area (Å²) in [6.45, 7) is 0.545. The van der Waals surface area contributed by atoms with Crippen LogP contribution in [0.1, 0.15) is 22.5 Å². The number of fused-ring (bicyclic) bond motifs is 1. The Morgan fingerprint density at radius 2 is 2.22 bits per heavy atom. The number of nitrogen functional groups attached to an aromatic ring is 1. The minimum Gasteiger partial charge on any atom is -0.375 e. The number of pyridine rings is 1. The average molecular weight is 347 g/mol. The van der Waals surface area contributed by atoms with Gasteiger partial charge in [-0.3, -0.25) is 9.78 Å². The molecule has 118 valence electrons. The number of carbonyl (C=O) groups excluding carboxylic acids is 1. The SMILES string of the molecule is Nc1nc(CCCNC(=O)c2c(Cl)ccc3ncccc23)cs1. The fraction of sp³-hybridized carbons (Fsp3) is 0.188. The highest BCUT2D eigenvalue weighted by atomic mass is 35.5. The van der Waals surface area contributed by atoms with Crippen LogP contribution >= 0.6 is 22.9 Å². The van der Waals surface area contributed by atoms with E-state index in [-0.39, 0.29) is 5.91 Å². The van der Waals surface area contributed by atoms with E-state index in [1.165, 1.54) is 11.3 Å². The maximum Gasteiger partial charge on any atom is 0.253 e. The van der Waals surface area contributed by atoms with Crippen LogP contribution in [0.25, 0.3) is 10.9 Å². The third kappa shape index (κ3) is 3.60. The molecule has 0 aliphatic carbocycles. The van der Waals surface area contributed by atoms with Crippen molar-refractivity contribution in [3.05, 3.63) is 52.1 Å². The van der Waals surface area contributed by atoms with Crippen molar-refractivity contribution in [3.8, 4) is 0 Å². The quantitative estimate of drug-likeness (QED) is 0.694. The normalized spacial score (nSPS) is 10.8. The molecule has 7 heteroatoms. The smallest absolute Gasteiger partial charge is 0.253 e.